The Hall–Kier alpha value is -2.71. The Balaban J connectivity index is 2.07. The molecule has 0 fully saturated rings. The first-order valence-electron chi connectivity index (χ1n) is 7.84. The predicted molar refractivity (Wildman–Crippen MR) is 85.2 cm³/mol. The number of esters is 1. The first-order chi connectivity index (χ1) is 12.2. The monoisotopic (exact) mass is 373 g/mol. The van der Waals surface area contributed by atoms with Gasteiger partial charge < -0.3 is 19.5 Å². The van der Waals surface area contributed by atoms with Crippen molar-refractivity contribution in [1.82, 2.24) is 0 Å². The molecule has 0 aliphatic carbocycles. The molecule has 142 valence electrons. The SMILES string of the molecule is CC(C)COC(=O)c1ccc(NC(=O)C2=C(C(F)(F)F)OCCO2)cc1. The van der Waals surface area contributed by atoms with Crippen LogP contribution in [0.2, 0.25) is 0 Å². The van der Waals surface area contributed by atoms with Gasteiger partial charge in [0.25, 0.3) is 5.91 Å². The van der Waals surface area contributed by atoms with Crippen molar-refractivity contribution in [1.29, 1.82) is 0 Å². The zero-order chi connectivity index (χ0) is 19.3. The largest absolute Gasteiger partial charge is 0.483 e. The van der Waals surface area contributed by atoms with E-state index in [1.807, 2.05) is 13.8 Å². The van der Waals surface area contributed by atoms with Crippen LogP contribution in [-0.2, 0) is 19.0 Å². The Kier molecular flexibility index (Phi) is 6.12. The molecular formula is C17H18F3NO5. The second-order valence-corrected chi connectivity index (χ2v) is 5.88. The Morgan fingerprint density at radius 1 is 1.15 bits per heavy atom. The van der Waals surface area contributed by atoms with E-state index < -0.39 is 29.6 Å². The van der Waals surface area contributed by atoms with Gasteiger partial charge in [0, 0.05) is 5.69 Å². The van der Waals surface area contributed by atoms with Crippen LogP contribution in [0.25, 0.3) is 0 Å². The van der Waals surface area contributed by atoms with Gasteiger partial charge in [0.1, 0.15) is 13.2 Å². The Labute approximate surface area is 147 Å². The van der Waals surface area contributed by atoms with Crippen molar-refractivity contribution in [2.24, 2.45) is 5.92 Å². The molecule has 0 saturated heterocycles. The fourth-order valence-corrected chi connectivity index (χ4v) is 2.00. The smallest absolute Gasteiger partial charge is 0.453 e. The molecule has 1 aromatic carbocycles. The molecule has 1 amide bonds. The molecule has 6 nitrogen and oxygen atoms in total. The van der Waals surface area contributed by atoms with E-state index in [0.29, 0.717) is 0 Å². The highest BCUT2D eigenvalue weighted by molar-refractivity contribution is 6.03. The maximum Gasteiger partial charge on any atom is 0.453 e. The molecule has 0 spiro atoms. The molecule has 0 aromatic heterocycles. The van der Waals surface area contributed by atoms with Gasteiger partial charge in [-0.25, -0.2) is 4.79 Å². The third-order valence-electron chi connectivity index (χ3n) is 3.17. The van der Waals surface area contributed by atoms with Crippen molar-refractivity contribution in [3.8, 4) is 0 Å². The maximum atomic E-state index is 12.9. The highest BCUT2D eigenvalue weighted by Crippen LogP contribution is 2.32. The van der Waals surface area contributed by atoms with E-state index in [4.69, 9.17) is 9.47 Å². The molecule has 26 heavy (non-hydrogen) atoms. The molecule has 1 aromatic rings. The number of benzene rings is 1. The maximum absolute atomic E-state index is 12.9. The normalized spacial score (nSPS) is 14.5. The lowest BCUT2D eigenvalue weighted by molar-refractivity contribution is -0.151. The van der Waals surface area contributed by atoms with Crippen LogP contribution >= 0.6 is 0 Å². The van der Waals surface area contributed by atoms with Crippen LogP contribution in [0, 0.1) is 5.92 Å². The number of alkyl halides is 3. The van der Waals surface area contributed by atoms with E-state index in [2.05, 4.69) is 10.1 Å². The fourth-order valence-electron chi connectivity index (χ4n) is 2.00. The molecule has 1 heterocycles. The van der Waals surface area contributed by atoms with E-state index in [-0.39, 0.29) is 37.0 Å². The predicted octanol–water partition coefficient (Wildman–Crippen LogP) is 3.26. The molecular weight excluding hydrogens is 355 g/mol. The molecule has 0 atom stereocenters. The lowest BCUT2D eigenvalue weighted by Crippen LogP contribution is -2.30. The lowest BCUT2D eigenvalue weighted by Gasteiger charge is -2.22. The molecule has 1 N–H and O–H groups in total. The number of anilines is 1. The van der Waals surface area contributed by atoms with Gasteiger partial charge in [-0.3, -0.25) is 4.79 Å². The average Bonchev–Trinajstić information content (AvgIpc) is 2.59. The summed E-state index contributed by atoms with van der Waals surface area (Å²) in [7, 11) is 0. The van der Waals surface area contributed by atoms with E-state index in [1.165, 1.54) is 24.3 Å². The van der Waals surface area contributed by atoms with Crippen molar-refractivity contribution in [2.45, 2.75) is 20.0 Å². The summed E-state index contributed by atoms with van der Waals surface area (Å²) in [5, 5.41) is 2.28. The molecule has 0 saturated carbocycles. The first-order valence-corrected chi connectivity index (χ1v) is 7.84. The van der Waals surface area contributed by atoms with E-state index >= 15 is 0 Å². The summed E-state index contributed by atoms with van der Waals surface area (Å²) in [6.45, 7) is 3.60. The number of hydrogen-bond acceptors (Lipinski definition) is 5. The number of carbonyl (C=O) groups is 2. The Morgan fingerprint density at radius 2 is 1.77 bits per heavy atom. The quantitative estimate of drug-likeness (QED) is 0.802. The number of carbonyl (C=O) groups excluding carboxylic acids is 2. The van der Waals surface area contributed by atoms with Gasteiger partial charge in [0.2, 0.25) is 11.5 Å². The van der Waals surface area contributed by atoms with Gasteiger partial charge in [-0.1, -0.05) is 13.8 Å². The second-order valence-electron chi connectivity index (χ2n) is 5.88. The summed E-state index contributed by atoms with van der Waals surface area (Å²) in [6, 6.07) is 5.55. The second kappa shape index (κ2) is 8.11. The zero-order valence-electron chi connectivity index (χ0n) is 14.2. The van der Waals surface area contributed by atoms with Crippen LogP contribution in [0.15, 0.2) is 35.8 Å². The van der Waals surface area contributed by atoms with Gasteiger partial charge >= 0.3 is 12.1 Å². The van der Waals surface area contributed by atoms with Crippen LogP contribution in [-0.4, -0.2) is 37.9 Å². The van der Waals surface area contributed by atoms with E-state index in [1.54, 1.807) is 0 Å². The van der Waals surface area contributed by atoms with Gasteiger partial charge in [-0.2, -0.15) is 13.2 Å². The summed E-state index contributed by atoms with van der Waals surface area (Å²) >= 11 is 0. The lowest BCUT2D eigenvalue weighted by atomic mass is 10.2. The van der Waals surface area contributed by atoms with Crippen molar-refractivity contribution in [2.75, 3.05) is 25.1 Å². The van der Waals surface area contributed by atoms with Crippen LogP contribution in [0.1, 0.15) is 24.2 Å². The third kappa shape index (κ3) is 5.14. The van der Waals surface area contributed by atoms with E-state index in [9.17, 15) is 22.8 Å². The van der Waals surface area contributed by atoms with Gasteiger partial charge in [-0.05, 0) is 30.2 Å². The number of nitrogens with one attached hydrogen (secondary N) is 1. The Bertz CT molecular complexity index is 695. The molecule has 9 heteroatoms. The molecule has 0 radical (unpaired) electrons. The summed E-state index contributed by atoms with van der Waals surface area (Å²) in [6.07, 6.45) is -4.84. The molecule has 0 unspecified atom stereocenters. The van der Waals surface area contributed by atoms with E-state index in [0.717, 1.165) is 0 Å². The standard InChI is InChI=1S/C17H18F3NO5/c1-10(2)9-26-16(23)11-3-5-12(6-4-11)21-15(22)13-14(17(18,19)20)25-8-7-24-13/h3-6,10H,7-9H2,1-2H3,(H,21,22). The zero-order valence-corrected chi connectivity index (χ0v) is 14.2. The van der Waals surface area contributed by atoms with Gasteiger partial charge in [0.05, 0.1) is 12.2 Å². The van der Waals surface area contributed by atoms with Crippen molar-refractivity contribution in [3.05, 3.63) is 41.3 Å². The number of allylic oxidation sites excluding steroid dienone is 1. The summed E-state index contributed by atoms with van der Waals surface area (Å²) in [5.41, 5.74) is 0.453. The topological polar surface area (TPSA) is 73.9 Å². The van der Waals surface area contributed by atoms with Crippen LogP contribution in [0.3, 0.4) is 0 Å². The van der Waals surface area contributed by atoms with Crippen molar-refractivity contribution in [3.63, 3.8) is 0 Å². The van der Waals surface area contributed by atoms with Crippen molar-refractivity contribution < 1.29 is 37.0 Å². The minimum absolute atomic E-state index is 0.164. The van der Waals surface area contributed by atoms with Gasteiger partial charge in [-0.15, -0.1) is 0 Å². The first kappa shape index (κ1) is 19.6. The summed E-state index contributed by atoms with van der Waals surface area (Å²) < 4.78 is 53.0. The van der Waals surface area contributed by atoms with Crippen molar-refractivity contribution >= 4 is 17.6 Å². The minimum Gasteiger partial charge on any atom is -0.483 e. The Morgan fingerprint density at radius 3 is 2.35 bits per heavy atom. The molecule has 0 bridgehead atoms. The number of amides is 1. The average molecular weight is 373 g/mol. The van der Waals surface area contributed by atoms with Crippen LogP contribution < -0.4 is 5.32 Å². The molecule has 2 rings (SSSR count). The number of halogens is 3. The van der Waals surface area contributed by atoms with Gasteiger partial charge in [0.15, 0.2) is 0 Å². The summed E-state index contributed by atoms with van der Waals surface area (Å²) in [4.78, 5) is 23.9. The highest BCUT2D eigenvalue weighted by atomic mass is 19.4. The number of hydrogen-bond donors (Lipinski definition) is 1. The minimum atomic E-state index is -4.84. The fraction of sp³-hybridized carbons (Fsp3) is 0.412. The highest BCUT2D eigenvalue weighted by Gasteiger charge is 2.43. The molecule has 1 aliphatic rings. The number of ether oxygens (including phenoxy) is 3. The molecule has 1 aliphatic heterocycles. The number of rotatable bonds is 5. The van der Waals surface area contributed by atoms with Crippen LogP contribution in [0.5, 0.6) is 0 Å². The third-order valence-corrected chi connectivity index (χ3v) is 3.17. The van der Waals surface area contributed by atoms with Crippen LogP contribution in [0.4, 0.5) is 18.9 Å². The summed E-state index contributed by atoms with van der Waals surface area (Å²) in [5.74, 6) is -3.82.